The number of dihydropyridines is 1. The number of carbonyl (C=O) groups excluding carboxylic acids is 2. The highest BCUT2D eigenvalue weighted by molar-refractivity contribution is 6.00. The van der Waals surface area contributed by atoms with Crippen LogP contribution in [0.5, 0.6) is 0 Å². The first-order chi connectivity index (χ1) is 16.0. The highest BCUT2D eigenvalue weighted by Gasteiger charge is 2.38. The minimum Gasteiger partial charge on any atom is -0.460 e. The zero-order valence-corrected chi connectivity index (χ0v) is 19.6. The van der Waals surface area contributed by atoms with Gasteiger partial charge < -0.3 is 19.5 Å². The molecule has 1 saturated carbocycles. The molecule has 33 heavy (non-hydrogen) atoms. The van der Waals surface area contributed by atoms with Crippen LogP contribution in [0, 0.1) is 11.3 Å². The zero-order valence-electron chi connectivity index (χ0n) is 19.6. The summed E-state index contributed by atoms with van der Waals surface area (Å²) >= 11 is 0. The maximum atomic E-state index is 13.5. The number of nitriles is 1. The number of esters is 2. The normalized spacial score (nSPS) is 19.4. The van der Waals surface area contributed by atoms with E-state index >= 15 is 0 Å². The van der Waals surface area contributed by atoms with Crippen LogP contribution in [0.2, 0.25) is 0 Å². The Bertz CT molecular complexity index is 981. The number of hydrogen-bond acceptors (Lipinski definition) is 7. The van der Waals surface area contributed by atoms with Crippen LogP contribution in [0.1, 0.15) is 69.4 Å². The van der Waals surface area contributed by atoms with E-state index in [1.165, 1.54) is 7.11 Å². The predicted octanol–water partition coefficient (Wildman–Crippen LogP) is 4.25. The number of ether oxygens (including phenoxy) is 3. The zero-order chi connectivity index (χ0) is 23.8. The molecule has 0 bridgehead atoms. The summed E-state index contributed by atoms with van der Waals surface area (Å²) in [5.41, 5.74) is 3.06. The molecule has 1 aliphatic heterocycles. The molecule has 0 radical (unpaired) electrons. The van der Waals surface area contributed by atoms with Gasteiger partial charge in [0.25, 0.3) is 0 Å². The third kappa shape index (κ3) is 6.02. The molecule has 176 valence electrons. The van der Waals surface area contributed by atoms with Gasteiger partial charge in [-0.25, -0.2) is 9.59 Å². The van der Waals surface area contributed by atoms with Crippen LogP contribution in [0.3, 0.4) is 0 Å². The molecular formula is C26H32N2O5. The minimum atomic E-state index is -0.701. The lowest BCUT2D eigenvalue weighted by Crippen LogP contribution is -2.34. The lowest BCUT2D eigenvalue weighted by molar-refractivity contribution is -0.145. The minimum absolute atomic E-state index is 0.0988. The molecule has 7 nitrogen and oxygen atoms in total. The SMILES string of the molecule is COCCOC(=O)C1=C(C)NC(C)=C(C(=O)OC2CCCCCC2)C1c1cccc(C#N)c1. The van der Waals surface area contributed by atoms with Crippen LogP contribution < -0.4 is 5.32 Å². The van der Waals surface area contributed by atoms with Crippen molar-refractivity contribution in [2.45, 2.75) is 64.4 Å². The van der Waals surface area contributed by atoms with Gasteiger partial charge in [0.2, 0.25) is 0 Å². The van der Waals surface area contributed by atoms with Crippen LogP contribution in [-0.2, 0) is 23.8 Å². The average molecular weight is 453 g/mol. The van der Waals surface area contributed by atoms with Gasteiger partial charge in [-0.2, -0.15) is 5.26 Å². The standard InChI is InChI=1S/C26H32N2O5/c1-17-22(25(29)32-14-13-31-3)24(20-10-8-9-19(15-20)16-27)23(18(2)28-17)26(30)33-21-11-6-4-5-7-12-21/h8-10,15,21,24,28H,4-7,11-14H2,1-3H3. The van der Waals surface area contributed by atoms with Gasteiger partial charge in [-0.1, -0.05) is 25.0 Å². The summed E-state index contributed by atoms with van der Waals surface area (Å²) in [5.74, 6) is -1.67. The van der Waals surface area contributed by atoms with Gasteiger partial charge in [-0.3, -0.25) is 0 Å². The van der Waals surface area contributed by atoms with E-state index in [1.54, 1.807) is 32.0 Å². The molecule has 0 spiro atoms. The summed E-state index contributed by atoms with van der Waals surface area (Å²) in [6, 6.07) is 9.10. The third-order valence-electron chi connectivity index (χ3n) is 6.15. The molecule has 1 unspecified atom stereocenters. The number of allylic oxidation sites excluding steroid dienone is 2. The number of hydrogen-bond donors (Lipinski definition) is 1. The Morgan fingerprint density at radius 2 is 1.70 bits per heavy atom. The van der Waals surface area contributed by atoms with E-state index in [0.717, 1.165) is 38.5 Å². The van der Waals surface area contributed by atoms with E-state index in [0.29, 0.717) is 33.7 Å². The fourth-order valence-electron chi connectivity index (χ4n) is 4.53. The highest BCUT2D eigenvalue weighted by Crippen LogP contribution is 2.40. The number of carbonyl (C=O) groups is 2. The van der Waals surface area contributed by atoms with Gasteiger partial charge in [0.05, 0.1) is 35.3 Å². The van der Waals surface area contributed by atoms with E-state index < -0.39 is 17.9 Å². The molecule has 0 aromatic heterocycles. The largest absolute Gasteiger partial charge is 0.460 e. The summed E-state index contributed by atoms with van der Waals surface area (Å²) in [7, 11) is 1.53. The van der Waals surface area contributed by atoms with Gasteiger partial charge in [-0.05, 0) is 57.2 Å². The first-order valence-corrected chi connectivity index (χ1v) is 11.5. The summed E-state index contributed by atoms with van der Waals surface area (Å²) in [6.07, 6.45) is 5.95. The van der Waals surface area contributed by atoms with E-state index in [-0.39, 0.29) is 19.3 Å². The molecule has 1 heterocycles. The maximum Gasteiger partial charge on any atom is 0.337 e. The molecule has 2 aliphatic rings. The Morgan fingerprint density at radius 1 is 1.03 bits per heavy atom. The Hall–Kier alpha value is -3.11. The summed E-state index contributed by atoms with van der Waals surface area (Å²) < 4.78 is 16.4. The molecule has 1 aliphatic carbocycles. The second kappa shape index (κ2) is 11.7. The van der Waals surface area contributed by atoms with Crippen molar-refractivity contribution in [3.63, 3.8) is 0 Å². The van der Waals surface area contributed by atoms with Crippen molar-refractivity contribution in [1.29, 1.82) is 5.26 Å². The lowest BCUT2D eigenvalue weighted by Gasteiger charge is -2.31. The molecule has 7 heteroatoms. The Morgan fingerprint density at radius 3 is 2.33 bits per heavy atom. The van der Waals surface area contributed by atoms with Gasteiger partial charge in [-0.15, -0.1) is 0 Å². The third-order valence-corrected chi connectivity index (χ3v) is 6.15. The fourth-order valence-corrected chi connectivity index (χ4v) is 4.53. The van der Waals surface area contributed by atoms with Crippen LogP contribution in [0.25, 0.3) is 0 Å². The number of methoxy groups -OCH3 is 1. The van der Waals surface area contributed by atoms with Gasteiger partial charge in [0.15, 0.2) is 0 Å². The Labute approximate surface area is 195 Å². The van der Waals surface area contributed by atoms with E-state index in [4.69, 9.17) is 14.2 Å². The molecular weight excluding hydrogens is 420 g/mol. The molecule has 0 amide bonds. The maximum absolute atomic E-state index is 13.5. The van der Waals surface area contributed by atoms with E-state index in [9.17, 15) is 14.9 Å². The first kappa shape index (κ1) is 24.5. The fraction of sp³-hybridized carbons (Fsp3) is 0.500. The second-order valence-electron chi connectivity index (χ2n) is 8.52. The van der Waals surface area contributed by atoms with Crippen molar-refractivity contribution < 1.29 is 23.8 Å². The number of nitrogens with zero attached hydrogens (tertiary/aromatic N) is 1. The Kier molecular flexibility index (Phi) is 8.67. The molecule has 1 N–H and O–H groups in total. The second-order valence-corrected chi connectivity index (χ2v) is 8.52. The quantitative estimate of drug-likeness (QED) is 0.375. The van der Waals surface area contributed by atoms with Gasteiger partial charge in [0.1, 0.15) is 12.7 Å². The molecule has 0 saturated heterocycles. The van der Waals surface area contributed by atoms with E-state index in [1.807, 2.05) is 6.07 Å². The van der Waals surface area contributed by atoms with Crippen LogP contribution in [0.15, 0.2) is 46.8 Å². The topological polar surface area (TPSA) is 97.7 Å². The number of nitrogens with one attached hydrogen (secondary N) is 1. The van der Waals surface area contributed by atoms with Crippen molar-refractivity contribution in [2.75, 3.05) is 20.3 Å². The van der Waals surface area contributed by atoms with Crippen molar-refractivity contribution in [3.05, 3.63) is 57.9 Å². The first-order valence-electron chi connectivity index (χ1n) is 11.5. The predicted molar refractivity (Wildman–Crippen MR) is 123 cm³/mol. The molecule has 3 rings (SSSR count). The number of rotatable bonds is 7. The smallest absolute Gasteiger partial charge is 0.337 e. The van der Waals surface area contributed by atoms with Crippen molar-refractivity contribution in [1.82, 2.24) is 5.32 Å². The number of benzene rings is 1. The van der Waals surface area contributed by atoms with Crippen LogP contribution in [0.4, 0.5) is 0 Å². The van der Waals surface area contributed by atoms with Crippen molar-refractivity contribution >= 4 is 11.9 Å². The van der Waals surface area contributed by atoms with Gasteiger partial charge >= 0.3 is 11.9 Å². The van der Waals surface area contributed by atoms with Crippen molar-refractivity contribution in [2.24, 2.45) is 0 Å². The van der Waals surface area contributed by atoms with Crippen LogP contribution >= 0.6 is 0 Å². The lowest BCUT2D eigenvalue weighted by atomic mass is 9.80. The molecule has 1 atom stereocenters. The summed E-state index contributed by atoms with van der Waals surface area (Å²) in [4.78, 5) is 26.6. The summed E-state index contributed by atoms with van der Waals surface area (Å²) in [6.45, 7) is 3.96. The Balaban J connectivity index is 1.99. The van der Waals surface area contributed by atoms with Crippen LogP contribution in [-0.4, -0.2) is 38.4 Å². The van der Waals surface area contributed by atoms with Crippen molar-refractivity contribution in [3.8, 4) is 6.07 Å². The molecule has 1 aromatic rings. The summed E-state index contributed by atoms with van der Waals surface area (Å²) in [5, 5.41) is 12.6. The highest BCUT2D eigenvalue weighted by atomic mass is 16.6. The molecule has 1 fully saturated rings. The molecule has 1 aromatic carbocycles. The van der Waals surface area contributed by atoms with Gasteiger partial charge in [0, 0.05) is 18.5 Å². The average Bonchev–Trinajstić information content (AvgIpc) is 3.07. The monoisotopic (exact) mass is 452 g/mol. The van der Waals surface area contributed by atoms with E-state index in [2.05, 4.69) is 11.4 Å².